The van der Waals surface area contributed by atoms with Crippen LogP contribution in [-0.2, 0) is 0 Å². The molecule has 1 unspecified atom stereocenters. The first kappa shape index (κ1) is 10.7. The summed E-state index contributed by atoms with van der Waals surface area (Å²) in [6.45, 7) is 1.04. The molecular formula is C12H14ClNO. The SMILES string of the molecule is O=C(CC1CCCN1)c1ccc(Cl)cc1. The topological polar surface area (TPSA) is 29.1 Å². The fraction of sp³-hybridized carbons (Fsp3) is 0.417. The number of hydrogen-bond acceptors (Lipinski definition) is 2. The van der Waals surface area contributed by atoms with E-state index >= 15 is 0 Å². The van der Waals surface area contributed by atoms with Crippen molar-refractivity contribution in [2.24, 2.45) is 0 Å². The molecule has 1 atom stereocenters. The third kappa shape index (κ3) is 2.80. The summed E-state index contributed by atoms with van der Waals surface area (Å²) in [7, 11) is 0. The Kier molecular flexibility index (Phi) is 3.39. The number of Topliss-reactive ketones (excluding diaryl/α,β-unsaturated/α-hetero) is 1. The highest BCUT2D eigenvalue weighted by atomic mass is 35.5. The van der Waals surface area contributed by atoms with Gasteiger partial charge in [0.2, 0.25) is 0 Å². The predicted molar refractivity (Wildman–Crippen MR) is 61.4 cm³/mol. The number of halogens is 1. The second-order valence-electron chi connectivity index (χ2n) is 3.93. The lowest BCUT2D eigenvalue weighted by Crippen LogP contribution is -2.24. The van der Waals surface area contributed by atoms with Gasteiger partial charge in [0.1, 0.15) is 0 Å². The van der Waals surface area contributed by atoms with Gasteiger partial charge in [-0.3, -0.25) is 4.79 Å². The van der Waals surface area contributed by atoms with Crippen LogP contribution in [0.2, 0.25) is 5.02 Å². The number of hydrogen-bond donors (Lipinski definition) is 1. The van der Waals surface area contributed by atoms with Crippen molar-refractivity contribution in [1.82, 2.24) is 5.32 Å². The zero-order chi connectivity index (χ0) is 10.7. The molecule has 1 N–H and O–H groups in total. The van der Waals surface area contributed by atoms with Crippen molar-refractivity contribution >= 4 is 17.4 Å². The lowest BCUT2D eigenvalue weighted by atomic mass is 10.0. The molecule has 2 nitrogen and oxygen atoms in total. The fourth-order valence-electron chi connectivity index (χ4n) is 1.91. The molecule has 1 fully saturated rings. The third-order valence-electron chi connectivity index (χ3n) is 2.76. The summed E-state index contributed by atoms with van der Waals surface area (Å²) in [4.78, 5) is 11.8. The van der Waals surface area contributed by atoms with Crippen LogP contribution in [-0.4, -0.2) is 18.4 Å². The molecule has 1 aliphatic rings. The lowest BCUT2D eigenvalue weighted by molar-refractivity contribution is 0.0971. The summed E-state index contributed by atoms with van der Waals surface area (Å²) in [5, 5.41) is 3.99. The number of nitrogens with one attached hydrogen (secondary N) is 1. The predicted octanol–water partition coefficient (Wildman–Crippen LogP) is 2.66. The minimum atomic E-state index is 0.200. The molecule has 0 saturated carbocycles. The van der Waals surface area contributed by atoms with E-state index in [0.717, 1.165) is 18.5 Å². The summed E-state index contributed by atoms with van der Waals surface area (Å²) in [6.07, 6.45) is 2.89. The first-order chi connectivity index (χ1) is 7.25. The van der Waals surface area contributed by atoms with Gasteiger partial charge in [-0.25, -0.2) is 0 Å². The highest BCUT2D eigenvalue weighted by Crippen LogP contribution is 2.15. The molecule has 0 aromatic heterocycles. The van der Waals surface area contributed by atoms with E-state index < -0.39 is 0 Å². The van der Waals surface area contributed by atoms with Crippen LogP contribution in [0.15, 0.2) is 24.3 Å². The van der Waals surface area contributed by atoms with Crippen LogP contribution < -0.4 is 5.32 Å². The van der Waals surface area contributed by atoms with Crippen LogP contribution in [0.5, 0.6) is 0 Å². The fourth-order valence-corrected chi connectivity index (χ4v) is 2.03. The van der Waals surface area contributed by atoms with E-state index in [1.54, 1.807) is 24.3 Å². The maximum Gasteiger partial charge on any atom is 0.164 e. The Bertz CT molecular complexity index is 341. The Labute approximate surface area is 94.6 Å². The number of carbonyl (C=O) groups excluding carboxylic acids is 1. The molecule has 15 heavy (non-hydrogen) atoms. The Balaban J connectivity index is 1.98. The quantitative estimate of drug-likeness (QED) is 0.799. The lowest BCUT2D eigenvalue weighted by Gasteiger charge is -2.08. The van der Waals surface area contributed by atoms with Gasteiger partial charge in [0.05, 0.1) is 0 Å². The maximum atomic E-state index is 11.8. The smallest absolute Gasteiger partial charge is 0.164 e. The van der Waals surface area contributed by atoms with E-state index in [-0.39, 0.29) is 5.78 Å². The van der Waals surface area contributed by atoms with Crippen molar-refractivity contribution in [2.75, 3.05) is 6.54 Å². The molecule has 1 saturated heterocycles. The Morgan fingerprint density at radius 3 is 2.73 bits per heavy atom. The third-order valence-corrected chi connectivity index (χ3v) is 3.01. The zero-order valence-electron chi connectivity index (χ0n) is 8.50. The van der Waals surface area contributed by atoms with Gasteiger partial charge in [-0.2, -0.15) is 0 Å². The summed E-state index contributed by atoms with van der Waals surface area (Å²) in [6, 6.07) is 7.47. The minimum absolute atomic E-state index is 0.200. The second kappa shape index (κ2) is 4.77. The standard InChI is InChI=1S/C12H14ClNO/c13-10-5-3-9(4-6-10)12(15)8-11-2-1-7-14-11/h3-6,11,14H,1-2,7-8H2. The van der Waals surface area contributed by atoms with Crippen molar-refractivity contribution in [3.8, 4) is 0 Å². The van der Waals surface area contributed by atoms with E-state index in [1.807, 2.05) is 0 Å². The van der Waals surface area contributed by atoms with Crippen LogP contribution in [0.25, 0.3) is 0 Å². The molecule has 80 valence electrons. The van der Waals surface area contributed by atoms with Crippen LogP contribution >= 0.6 is 11.6 Å². The molecule has 0 aliphatic carbocycles. The summed E-state index contributed by atoms with van der Waals surface area (Å²) in [5.41, 5.74) is 0.758. The number of carbonyl (C=O) groups is 1. The molecule has 0 radical (unpaired) electrons. The van der Waals surface area contributed by atoms with Gasteiger partial charge in [0, 0.05) is 23.0 Å². The van der Waals surface area contributed by atoms with Gasteiger partial charge < -0.3 is 5.32 Å². The average molecular weight is 224 g/mol. The van der Waals surface area contributed by atoms with Gasteiger partial charge in [0.15, 0.2) is 5.78 Å². The normalized spacial score (nSPS) is 20.5. The number of benzene rings is 1. The molecule has 0 spiro atoms. The Morgan fingerprint density at radius 1 is 1.40 bits per heavy atom. The van der Waals surface area contributed by atoms with E-state index in [0.29, 0.717) is 17.5 Å². The first-order valence-electron chi connectivity index (χ1n) is 5.28. The van der Waals surface area contributed by atoms with Crippen LogP contribution in [0, 0.1) is 0 Å². The van der Waals surface area contributed by atoms with E-state index in [1.165, 1.54) is 6.42 Å². The van der Waals surface area contributed by atoms with E-state index in [2.05, 4.69) is 5.32 Å². The van der Waals surface area contributed by atoms with Crippen molar-refractivity contribution in [1.29, 1.82) is 0 Å². The molecule has 0 amide bonds. The molecule has 3 heteroatoms. The van der Waals surface area contributed by atoms with Crippen LogP contribution in [0.3, 0.4) is 0 Å². The molecule has 1 aromatic carbocycles. The van der Waals surface area contributed by atoms with E-state index in [4.69, 9.17) is 11.6 Å². The summed E-state index contributed by atoms with van der Waals surface area (Å²) in [5.74, 6) is 0.200. The maximum absolute atomic E-state index is 11.8. The summed E-state index contributed by atoms with van der Waals surface area (Å²) >= 11 is 5.76. The minimum Gasteiger partial charge on any atom is -0.314 e. The van der Waals surface area contributed by atoms with Crippen molar-refractivity contribution < 1.29 is 4.79 Å². The van der Waals surface area contributed by atoms with Crippen LogP contribution in [0.1, 0.15) is 29.6 Å². The van der Waals surface area contributed by atoms with Gasteiger partial charge >= 0.3 is 0 Å². The summed E-state index contributed by atoms with van der Waals surface area (Å²) < 4.78 is 0. The van der Waals surface area contributed by atoms with Crippen molar-refractivity contribution in [2.45, 2.75) is 25.3 Å². The van der Waals surface area contributed by atoms with Gasteiger partial charge in [-0.15, -0.1) is 0 Å². The van der Waals surface area contributed by atoms with E-state index in [9.17, 15) is 4.79 Å². The van der Waals surface area contributed by atoms with Gasteiger partial charge in [0.25, 0.3) is 0 Å². The van der Waals surface area contributed by atoms with Gasteiger partial charge in [-0.1, -0.05) is 11.6 Å². The average Bonchev–Trinajstić information content (AvgIpc) is 2.71. The highest BCUT2D eigenvalue weighted by molar-refractivity contribution is 6.30. The highest BCUT2D eigenvalue weighted by Gasteiger charge is 2.18. The van der Waals surface area contributed by atoms with Crippen molar-refractivity contribution in [3.05, 3.63) is 34.9 Å². The molecular weight excluding hydrogens is 210 g/mol. The largest absolute Gasteiger partial charge is 0.314 e. The van der Waals surface area contributed by atoms with Crippen LogP contribution in [0.4, 0.5) is 0 Å². The molecule has 1 aromatic rings. The number of rotatable bonds is 3. The molecule has 1 heterocycles. The monoisotopic (exact) mass is 223 g/mol. The van der Waals surface area contributed by atoms with Crippen molar-refractivity contribution in [3.63, 3.8) is 0 Å². The Morgan fingerprint density at radius 2 is 2.13 bits per heavy atom. The molecule has 1 aliphatic heterocycles. The zero-order valence-corrected chi connectivity index (χ0v) is 9.26. The second-order valence-corrected chi connectivity index (χ2v) is 4.36. The first-order valence-corrected chi connectivity index (χ1v) is 5.65. The molecule has 2 rings (SSSR count). The van der Waals surface area contributed by atoms with Gasteiger partial charge in [-0.05, 0) is 43.7 Å². The molecule has 0 bridgehead atoms. The Hall–Kier alpha value is -0.860. The number of ketones is 1.